The fraction of sp³-hybridized carbons (Fsp3) is 0.684. The standard InChI is InChI=1S/C38H62O7S.K/c1-3-5-7-9-11-13-15-17-19-21-23-25-27-32-44-37(39)34-30-29-31-35(46(41,42)43)36(34)38(40)45-33-28-26-24-22-20-18-16-14-12-10-8-6-4-2;/h11-14,29-31H,3-10,15-28,32-33H2,1-2H3,(H,41,42,43);/q;+1/p-1/b13-11+,14-12+;. The van der Waals surface area contributed by atoms with E-state index in [2.05, 4.69) is 38.2 Å². The first kappa shape index (κ1) is 46.2. The molecule has 0 N–H and O–H groups in total. The fourth-order valence-electron chi connectivity index (χ4n) is 5.24. The average molecular weight is 701 g/mol. The van der Waals surface area contributed by atoms with E-state index >= 15 is 0 Å². The molecule has 0 heterocycles. The van der Waals surface area contributed by atoms with Crippen LogP contribution >= 0.6 is 0 Å². The molecule has 262 valence electrons. The Hall–Kier alpha value is -0.814. The van der Waals surface area contributed by atoms with Crippen LogP contribution in [0.4, 0.5) is 0 Å². The number of allylic oxidation sites excluding steroid dienone is 4. The largest absolute Gasteiger partial charge is 1.00 e. The van der Waals surface area contributed by atoms with Crippen molar-refractivity contribution < 1.29 is 83.4 Å². The first-order chi connectivity index (χ1) is 22.3. The number of hydrogen-bond donors (Lipinski definition) is 0. The number of carbonyl (C=O) groups is 2. The van der Waals surface area contributed by atoms with E-state index in [4.69, 9.17) is 9.47 Å². The van der Waals surface area contributed by atoms with Gasteiger partial charge in [-0.25, -0.2) is 18.0 Å². The third-order valence-electron chi connectivity index (χ3n) is 8.00. The van der Waals surface area contributed by atoms with Gasteiger partial charge in [-0.05, 0) is 76.3 Å². The van der Waals surface area contributed by atoms with Crippen molar-refractivity contribution >= 4 is 22.1 Å². The molecule has 47 heavy (non-hydrogen) atoms. The molecule has 0 saturated heterocycles. The van der Waals surface area contributed by atoms with Crippen LogP contribution in [0.15, 0.2) is 47.4 Å². The van der Waals surface area contributed by atoms with Gasteiger partial charge in [0.2, 0.25) is 0 Å². The zero-order valence-corrected chi connectivity index (χ0v) is 33.7. The molecule has 0 fully saturated rings. The molecule has 7 nitrogen and oxygen atoms in total. The van der Waals surface area contributed by atoms with Gasteiger partial charge in [0.1, 0.15) is 10.1 Å². The quantitative estimate of drug-likeness (QED) is 0.0278. The molecule has 1 rings (SSSR count). The van der Waals surface area contributed by atoms with E-state index in [1.165, 1.54) is 69.9 Å². The number of hydrogen-bond acceptors (Lipinski definition) is 7. The molecule has 0 bridgehead atoms. The van der Waals surface area contributed by atoms with Crippen LogP contribution in [-0.2, 0) is 19.6 Å². The monoisotopic (exact) mass is 700 g/mol. The summed E-state index contributed by atoms with van der Waals surface area (Å²) in [6, 6.07) is 3.59. The van der Waals surface area contributed by atoms with Gasteiger partial charge in [-0.2, -0.15) is 0 Å². The van der Waals surface area contributed by atoms with Crippen molar-refractivity contribution in [1.29, 1.82) is 0 Å². The molecule has 0 amide bonds. The van der Waals surface area contributed by atoms with Crippen LogP contribution in [-0.4, -0.2) is 38.1 Å². The molecule has 0 atom stereocenters. The van der Waals surface area contributed by atoms with Gasteiger partial charge in [0.25, 0.3) is 0 Å². The van der Waals surface area contributed by atoms with Crippen LogP contribution < -0.4 is 51.4 Å². The maximum atomic E-state index is 12.9. The third-order valence-corrected chi connectivity index (χ3v) is 8.88. The summed E-state index contributed by atoms with van der Waals surface area (Å²) in [5.41, 5.74) is -0.797. The van der Waals surface area contributed by atoms with Crippen LogP contribution in [0.2, 0.25) is 0 Å². The van der Waals surface area contributed by atoms with Gasteiger partial charge in [-0.15, -0.1) is 0 Å². The molecule has 9 heteroatoms. The number of esters is 2. The van der Waals surface area contributed by atoms with Gasteiger partial charge >= 0.3 is 63.3 Å². The number of unbranched alkanes of at least 4 members (excludes halogenated alkanes) is 18. The summed E-state index contributed by atoms with van der Waals surface area (Å²) in [4.78, 5) is 25.0. The van der Waals surface area contributed by atoms with Crippen molar-refractivity contribution in [3.63, 3.8) is 0 Å². The first-order valence-electron chi connectivity index (χ1n) is 18.1. The smallest absolute Gasteiger partial charge is 0.744 e. The van der Waals surface area contributed by atoms with E-state index < -0.39 is 32.5 Å². The molecule has 0 unspecified atom stereocenters. The molecule has 0 aliphatic carbocycles. The number of carbonyl (C=O) groups excluding carboxylic acids is 2. The molecule has 0 aliphatic rings. The Morgan fingerprint density at radius 3 is 1.40 bits per heavy atom. The van der Waals surface area contributed by atoms with E-state index in [1.54, 1.807) is 0 Å². The Morgan fingerprint density at radius 1 is 0.596 bits per heavy atom. The predicted octanol–water partition coefficient (Wildman–Crippen LogP) is 7.64. The molecule has 0 aromatic heterocycles. The number of benzene rings is 1. The Kier molecular flexibility index (Phi) is 30.6. The molecular weight excluding hydrogens is 640 g/mol. The Bertz CT molecular complexity index is 1120. The van der Waals surface area contributed by atoms with Crippen molar-refractivity contribution in [2.75, 3.05) is 13.2 Å². The second-order valence-electron chi connectivity index (χ2n) is 12.2. The summed E-state index contributed by atoms with van der Waals surface area (Å²) < 4.78 is 46.4. The van der Waals surface area contributed by atoms with Gasteiger partial charge in [-0.1, -0.05) is 121 Å². The van der Waals surface area contributed by atoms with E-state index in [9.17, 15) is 22.6 Å². The minimum absolute atomic E-state index is 0. The van der Waals surface area contributed by atoms with Gasteiger partial charge < -0.3 is 14.0 Å². The minimum atomic E-state index is -5.01. The van der Waals surface area contributed by atoms with E-state index in [1.807, 2.05) is 0 Å². The molecule has 0 saturated carbocycles. The van der Waals surface area contributed by atoms with Crippen molar-refractivity contribution in [1.82, 2.24) is 0 Å². The van der Waals surface area contributed by atoms with Crippen molar-refractivity contribution in [2.24, 2.45) is 0 Å². The molecule has 1 aromatic rings. The SMILES string of the molecule is CCCCC/C=C/CCCCCCCCOC(=O)c1cccc(S(=O)(=O)[O-])c1C(=O)OCCCCCCCC/C=C/CCCCC.[K+]. The van der Waals surface area contributed by atoms with Crippen LogP contribution in [0, 0.1) is 0 Å². The first-order valence-corrected chi connectivity index (χ1v) is 19.5. The third kappa shape index (κ3) is 24.1. The van der Waals surface area contributed by atoms with Gasteiger partial charge in [0.15, 0.2) is 0 Å². The maximum absolute atomic E-state index is 12.9. The van der Waals surface area contributed by atoms with Crippen LogP contribution in [0.3, 0.4) is 0 Å². The number of ether oxygens (including phenoxy) is 2. The van der Waals surface area contributed by atoms with Gasteiger partial charge in [0.05, 0.1) is 29.2 Å². The van der Waals surface area contributed by atoms with Crippen molar-refractivity contribution in [3.8, 4) is 0 Å². The van der Waals surface area contributed by atoms with Gasteiger partial charge in [-0.3, -0.25) is 0 Å². The van der Waals surface area contributed by atoms with Crippen LogP contribution in [0.25, 0.3) is 0 Å². The van der Waals surface area contributed by atoms with Crippen LogP contribution in [0.5, 0.6) is 0 Å². The van der Waals surface area contributed by atoms with Crippen molar-refractivity contribution in [3.05, 3.63) is 53.6 Å². The maximum Gasteiger partial charge on any atom is 1.00 e. The van der Waals surface area contributed by atoms with Crippen molar-refractivity contribution in [2.45, 2.75) is 160 Å². The summed E-state index contributed by atoms with van der Waals surface area (Å²) in [5, 5.41) is 0. The summed E-state index contributed by atoms with van der Waals surface area (Å²) in [6.07, 6.45) is 33.3. The summed E-state index contributed by atoms with van der Waals surface area (Å²) in [6.45, 7) is 4.66. The zero-order chi connectivity index (χ0) is 33.7. The summed E-state index contributed by atoms with van der Waals surface area (Å²) >= 11 is 0. The molecule has 0 radical (unpaired) electrons. The minimum Gasteiger partial charge on any atom is -0.744 e. The van der Waals surface area contributed by atoms with E-state index in [0.29, 0.717) is 12.8 Å². The second kappa shape index (κ2) is 31.2. The van der Waals surface area contributed by atoms with Gasteiger partial charge in [0, 0.05) is 0 Å². The fourth-order valence-corrected chi connectivity index (χ4v) is 5.93. The molecule has 0 aliphatic heterocycles. The molecule has 1 aromatic carbocycles. The van der Waals surface area contributed by atoms with E-state index in [0.717, 1.165) is 76.7 Å². The van der Waals surface area contributed by atoms with E-state index in [-0.39, 0.29) is 70.2 Å². The average Bonchev–Trinajstić information content (AvgIpc) is 3.04. The Morgan fingerprint density at radius 2 is 0.979 bits per heavy atom. The molecular formula is C38H61KO7S. The number of rotatable bonds is 29. The Balaban J connectivity index is 0.0000212. The van der Waals surface area contributed by atoms with Crippen LogP contribution in [0.1, 0.15) is 176 Å². The second-order valence-corrected chi connectivity index (χ2v) is 13.5. The predicted molar refractivity (Wildman–Crippen MR) is 186 cm³/mol. The topological polar surface area (TPSA) is 110 Å². The summed E-state index contributed by atoms with van der Waals surface area (Å²) in [5.74, 6) is -1.83. The molecule has 0 spiro atoms. The zero-order valence-electron chi connectivity index (χ0n) is 29.8. The summed E-state index contributed by atoms with van der Waals surface area (Å²) in [7, 11) is -5.01. The Labute approximate surface area is 329 Å². The normalized spacial score (nSPS) is 11.6.